The zero-order valence-electron chi connectivity index (χ0n) is 20.2. The van der Waals surface area contributed by atoms with E-state index in [9.17, 15) is 10.1 Å². The average Bonchev–Trinajstić information content (AvgIpc) is 2.81. The van der Waals surface area contributed by atoms with Crippen molar-refractivity contribution in [3.63, 3.8) is 0 Å². The topological polar surface area (TPSA) is 66.2 Å². The first kappa shape index (κ1) is 22.4. The van der Waals surface area contributed by atoms with E-state index in [1.807, 2.05) is 37.9 Å². The first-order chi connectivity index (χ1) is 16.2. The van der Waals surface area contributed by atoms with Crippen molar-refractivity contribution >= 4 is 17.0 Å². The smallest absolute Gasteiger partial charge is 0.410 e. The molecule has 3 aromatic rings. The number of benzene rings is 2. The summed E-state index contributed by atoms with van der Waals surface area (Å²) >= 11 is 0. The van der Waals surface area contributed by atoms with Crippen LogP contribution < -0.4 is 0 Å². The highest BCUT2D eigenvalue weighted by molar-refractivity contribution is 5.84. The van der Waals surface area contributed by atoms with Gasteiger partial charge in [-0.05, 0) is 80.7 Å². The molecule has 1 aliphatic carbocycles. The molecular formula is C29H31N3O2. The second-order valence-corrected chi connectivity index (χ2v) is 11.0. The van der Waals surface area contributed by atoms with Gasteiger partial charge in [-0.3, -0.25) is 4.98 Å². The average molecular weight is 454 g/mol. The van der Waals surface area contributed by atoms with Crippen molar-refractivity contribution in [2.24, 2.45) is 5.41 Å². The number of hydrogen-bond acceptors (Lipinski definition) is 4. The van der Waals surface area contributed by atoms with Gasteiger partial charge in [0.2, 0.25) is 0 Å². The lowest BCUT2D eigenvalue weighted by molar-refractivity contribution is -0.0263. The lowest BCUT2D eigenvalue weighted by Crippen LogP contribution is -2.55. The molecule has 174 valence electrons. The predicted molar refractivity (Wildman–Crippen MR) is 133 cm³/mol. The Balaban J connectivity index is 1.26. The number of pyridine rings is 1. The molecule has 1 spiro atoms. The summed E-state index contributed by atoms with van der Waals surface area (Å²) in [4.78, 5) is 18.7. The molecule has 0 unspecified atom stereocenters. The molecule has 0 atom stereocenters. The quantitative estimate of drug-likeness (QED) is 0.446. The van der Waals surface area contributed by atoms with Crippen LogP contribution in [0.15, 0.2) is 60.8 Å². The number of likely N-dealkylation sites (tertiary alicyclic amines) is 1. The zero-order chi connectivity index (χ0) is 24.0. The van der Waals surface area contributed by atoms with Gasteiger partial charge in [0, 0.05) is 24.7 Å². The van der Waals surface area contributed by atoms with Gasteiger partial charge < -0.3 is 9.64 Å². The third-order valence-corrected chi connectivity index (χ3v) is 7.42. The summed E-state index contributed by atoms with van der Waals surface area (Å²) in [5.74, 6) is 0. The van der Waals surface area contributed by atoms with Crippen LogP contribution in [0.2, 0.25) is 0 Å². The highest BCUT2D eigenvalue weighted by Crippen LogP contribution is 2.60. The molecule has 1 amide bonds. The molecule has 2 heterocycles. The molecule has 2 aromatic carbocycles. The van der Waals surface area contributed by atoms with Crippen LogP contribution in [0.3, 0.4) is 0 Å². The Labute approximate surface area is 201 Å². The molecule has 5 nitrogen and oxygen atoms in total. The van der Waals surface area contributed by atoms with Gasteiger partial charge in [-0.2, -0.15) is 5.26 Å². The van der Waals surface area contributed by atoms with E-state index in [4.69, 9.17) is 4.74 Å². The molecule has 5 rings (SSSR count). The third kappa shape index (κ3) is 4.14. The largest absolute Gasteiger partial charge is 0.444 e. The summed E-state index contributed by atoms with van der Waals surface area (Å²) in [6.07, 6.45) is 5.16. The normalized spacial score (nSPS) is 18.8. The number of carbonyl (C=O) groups is 1. The number of amides is 1. The van der Waals surface area contributed by atoms with Gasteiger partial charge in [-0.1, -0.05) is 42.5 Å². The molecule has 34 heavy (non-hydrogen) atoms. The molecule has 1 aromatic heterocycles. The van der Waals surface area contributed by atoms with Crippen LogP contribution in [-0.4, -0.2) is 34.7 Å². The van der Waals surface area contributed by atoms with E-state index in [-0.39, 0.29) is 11.5 Å². The second-order valence-electron chi connectivity index (χ2n) is 11.0. The molecule has 1 aliphatic heterocycles. The van der Waals surface area contributed by atoms with Gasteiger partial charge in [0.25, 0.3) is 0 Å². The summed E-state index contributed by atoms with van der Waals surface area (Å²) in [5.41, 5.74) is 3.57. The third-order valence-electron chi connectivity index (χ3n) is 7.42. The fraction of sp³-hybridized carbons (Fsp3) is 0.414. The fourth-order valence-corrected chi connectivity index (χ4v) is 5.65. The molecule has 0 bridgehead atoms. The number of aromatic nitrogens is 1. The monoisotopic (exact) mass is 453 g/mol. The second kappa shape index (κ2) is 8.13. The van der Waals surface area contributed by atoms with Crippen LogP contribution >= 0.6 is 0 Å². The van der Waals surface area contributed by atoms with Crippen LogP contribution in [0.1, 0.15) is 52.0 Å². The van der Waals surface area contributed by atoms with Gasteiger partial charge in [0.05, 0.1) is 17.0 Å². The number of rotatable bonds is 2. The van der Waals surface area contributed by atoms with Gasteiger partial charge in [0.15, 0.2) is 0 Å². The number of nitrogens with zero attached hydrogens (tertiary/aromatic N) is 3. The Morgan fingerprint density at radius 2 is 1.71 bits per heavy atom. The summed E-state index contributed by atoms with van der Waals surface area (Å²) in [6.45, 7) is 7.08. The minimum Gasteiger partial charge on any atom is -0.444 e. The molecule has 2 fully saturated rings. The van der Waals surface area contributed by atoms with Crippen LogP contribution in [-0.2, 0) is 10.2 Å². The van der Waals surface area contributed by atoms with Gasteiger partial charge >= 0.3 is 6.09 Å². The first-order valence-electron chi connectivity index (χ1n) is 12.1. The Bertz CT molecular complexity index is 1250. The zero-order valence-corrected chi connectivity index (χ0v) is 20.2. The van der Waals surface area contributed by atoms with E-state index in [1.54, 1.807) is 0 Å². The van der Waals surface area contributed by atoms with E-state index in [1.165, 1.54) is 0 Å². The van der Waals surface area contributed by atoms with Crippen LogP contribution in [0.5, 0.6) is 0 Å². The Morgan fingerprint density at radius 3 is 2.35 bits per heavy atom. The van der Waals surface area contributed by atoms with E-state index >= 15 is 0 Å². The number of carbonyl (C=O) groups excluding carboxylic acids is 1. The maximum atomic E-state index is 12.4. The highest BCUT2D eigenvalue weighted by atomic mass is 16.6. The summed E-state index contributed by atoms with van der Waals surface area (Å²) in [6, 6.07) is 21.5. The summed E-state index contributed by atoms with van der Waals surface area (Å²) in [5, 5.41) is 11.3. The van der Waals surface area contributed by atoms with Gasteiger partial charge in [-0.25, -0.2) is 4.79 Å². The van der Waals surface area contributed by atoms with Crippen molar-refractivity contribution in [3.8, 4) is 17.2 Å². The molecule has 1 saturated carbocycles. The minimum atomic E-state index is -0.478. The van der Waals surface area contributed by atoms with E-state index < -0.39 is 11.0 Å². The Morgan fingerprint density at radius 1 is 1.03 bits per heavy atom. The number of hydrogen-bond donors (Lipinski definition) is 0. The molecule has 0 N–H and O–H groups in total. The maximum Gasteiger partial charge on any atom is 0.410 e. The Hall–Kier alpha value is -3.39. The van der Waals surface area contributed by atoms with Crippen LogP contribution in [0, 0.1) is 16.7 Å². The number of fused-ring (bicyclic) bond motifs is 1. The van der Waals surface area contributed by atoms with Crippen molar-refractivity contribution in [2.75, 3.05) is 13.1 Å². The first-order valence-corrected chi connectivity index (χ1v) is 12.1. The fourth-order valence-electron chi connectivity index (χ4n) is 5.65. The number of ether oxygens (including phenoxy) is 1. The number of piperidine rings is 1. The van der Waals surface area contributed by atoms with Crippen LogP contribution in [0.4, 0.5) is 4.79 Å². The Kier molecular flexibility index (Phi) is 5.36. The van der Waals surface area contributed by atoms with Crippen molar-refractivity contribution in [2.45, 2.75) is 57.5 Å². The SMILES string of the molecule is CC(C)(C)OC(=O)N1CCC2(CC1)CC(C#N)(c1ccc(-c3ccc4cccnc4c3)cc1)C2. The van der Waals surface area contributed by atoms with E-state index in [0.717, 1.165) is 53.3 Å². The van der Waals surface area contributed by atoms with Crippen molar-refractivity contribution in [1.82, 2.24) is 9.88 Å². The van der Waals surface area contributed by atoms with E-state index in [2.05, 4.69) is 59.6 Å². The minimum absolute atomic E-state index is 0.150. The van der Waals surface area contributed by atoms with Crippen molar-refractivity contribution in [1.29, 1.82) is 5.26 Å². The van der Waals surface area contributed by atoms with Crippen molar-refractivity contribution < 1.29 is 9.53 Å². The van der Waals surface area contributed by atoms with Gasteiger partial charge in [0.1, 0.15) is 5.60 Å². The predicted octanol–water partition coefficient (Wildman–Crippen LogP) is 6.47. The number of nitriles is 1. The molecule has 5 heteroatoms. The molecule has 2 aliphatic rings. The van der Waals surface area contributed by atoms with Crippen molar-refractivity contribution in [3.05, 3.63) is 66.4 Å². The molecule has 0 radical (unpaired) electrons. The summed E-state index contributed by atoms with van der Waals surface area (Å²) in [7, 11) is 0. The lowest BCUT2D eigenvalue weighted by atomic mass is 9.48. The standard InChI is InChI=1S/C29H31N3O2/c1-27(2,3)34-26(33)32-15-12-28(13-16-32)18-29(19-28,20-30)24-10-8-21(9-11-24)23-7-6-22-5-4-14-31-25(22)17-23/h4-11,14,17H,12-13,15-16,18-19H2,1-3H3. The molecule has 1 saturated heterocycles. The van der Waals surface area contributed by atoms with Gasteiger partial charge in [-0.15, -0.1) is 0 Å². The maximum absolute atomic E-state index is 12.4. The van der Waals surface area contributed by atoms with E-state index in [0.29, 0.717) is 13.1 Å². The highest BCUT2D eigenvalue weighted by Gasteiger charge is 2.56. The lowest BCUT2D eigenvalue weighted by Gasteiger charge is -2.56. The van der Waals surface area contributed by atoms with Crippen LogP contribution in [0.25, 0.3) is 22.0 Å². The molecular weight excluding hydrogens is 422 g/mol. The summed E-state index contributed by atoms with van der Waals surface area (Å²) < 4.78 is 5.53.